The summed E-state index contributed by atoms with van der Waals surface area (Å²) in [7, 11) is 0. The molecule has 1 amide bonds. The van der Waals surface area contributed by atoms with E-state index in [9.17, 15) is 19.5 Å². The van der Waals surface area contributed by atoms with Gasteiger partial charge in [-0.15, -0.1) is 0 Å². The summed E-state index contributed by atoms with van der Waals surface area (Å²) in [6.07, 6.45) is 0.537. The molecule has 2 heterocycles. The second-order valence-corrected chi connectivity index (χ2v) is 7.71. The second-order valence-electron chi connectivity index (χ2n) is 7.71. The van der Waals surface area contributed by atoms with Gasteiger partial charge in [0.15, 0.2) is 0 Å². The van der Waals surface area contributed by atoms with Crippen LogP contribution in [-0.2, 0) is 10.2 Å². The van der Waals surface area contributed by atoms with E-state index >= 15 is 0 Å². The van der Waals surface area contributed by atoms with Gasteiger partial charge in [0.2, 0.25) is 0 Å². The molecule has 2 atom stereocenters. The predicted octanol–water partition coefficient (Wildman–Crippen LogP) is 1.56. The van der Waals surface area contributed by atoms with E-state index in [0.717, 1.165) is 0 Å². The van der Waals surface area contributed by atoms with E-state index in [1.807, 2.05) is 27.7 Å². The number of aromatic amines is 1. The number of hydrogen-bond acceptors (Lipinski definition) is 4. The molecular weight excluding hydrogens is 310 g/mol. The van der Waals surface area contributed by atoms with E-state index in [1.165, 1.54) is 4.90 Å². The number of aliphatic carboxylic acids is 1. The Labute approximate surface area is 141 Å². The minimum atomic E-state index is -0.911. The zero-order valence-electron chi connectivity index (χ0n) is 14.8. The zero-order valence-corrected chi connectivity index (χ0v) is 14.8. The molecule has 24 heavy (non-hydrogen) atoms. The fraction of sp³-hybridized carbons (Fsp3) is 0.647. The number of piperidine rings is 1. The van der Waals surface area contributed by atoms with Crippen molar-refractivity contribution in [1.82, 2.24) is 14.9 Å². The molecule has 1 aromatic heterocycles. The number of aromatic nitrogens is 2. The first-order valence-corrected chi connectivity index (χ1v) is 8.14. The Morgan fingerprint density at radius 1 is 1.29 bits per heavy atom. The number of carboxylic acid groups (broad SMARTS) is 1. The SMILES string of the molecule is Cc1nc(C(C)(C)C)[nH]c(=O)c1C(=O)N1CC(C)CC(C(=O)O)C1. The number of carboxylic acids is 1. The van der Waals surface area contributed by atoms with E-state index < -0.39 is 23.4 Å². The first-order chi connectivity index (χ1) is 11.0. The molecule has 1 saturated heterocycles. The Morgan fingerprint density at radius 2 is 1.92 bits per heavy atom. The van der Waals surface area contributed by atoms with Crippen molar-refractivity contribution < 1.29 is 14.7 Å². The Hall–Kier alpha value is -2.18. The minimum absolute atomic E-state index is 0.00115. The summed E-state index contributed by atoms with van der Waals surface area (Å²) < 4.78 is 0. The monoisotopic (exact) mass is 335 g/mol. The average molecular weight is 335 g/mol. The highest BCUT2D eigenvalue weighted by atomic mass is 16.4. The Bertz CT molecular complexity index is 718. The summed E-state index contributed by atoms with van der Waals surface area (Å²) in [5, 5.41) is 9.24. The van der Waals surface area contributed by atoms with Crippen LogP contribution in [0.2, 0.25) is 0 Å². The summed E-state index contributed by atoms with van der Waals surface area (Å²) in [5.74, 6) is -1.36. The number of hydrogen-bond donors (Lipinski definition) is 2. The molecule has 1 aliphatic heterocycles. The maximum atomic E-state index is 12.8. The van der Waals surface area contributed by atoms with Crippen LogP contribution in [-0.4, -0.2) is 44.9 Å². The Balaban J connectivity index is 2.36. The molecule has 1 fully saturated rings. The molecule has 2 N–H and O–H groups in total. The van der Waals surface area contributed by atoms with Gasteiger partial charge < -0.3 is 15.0 Å². The van der Waals surface area contributed by atoms with E-state index in [-0.39, 0.29) is 23.4 Å². The molecule has 0 aromatic carbocycles. The van der Waals surface area contributed by atoms with Crippen molar-refractivity contribution in [1.29, 1.82) is 0 Å². The van der Waals surface area contributed by atoms with Crippen LogP contribution in [0, 0.1) is 18.8 Å². The van der Waals surface area contributed by atoms with Gasteiger partial charge in [-0.1, -0.05) is 27.7 Å². The molecule has 132 valence electrons. The third-order valence-corrected chi connectivity index (χ3v) is 4.32. The summed E-state index contributed by atoms with van der Waals surface area (Å²) >= 11 is 0. The average Bonchev–Trinajstić information content (AvgIpc) is 2.44. The van der Waals surface area contributed by atoms with Crippen molar-refractivity contribution in [3.8, 4) is 0 Å². The standard InChI is InChI=1S/C17H25N3O4/c1-9-6-11(15(23)24)8-20(7-9)14(22)12-10(2)18-16(17(3,4)5)19-13(12)21/h9,11H,6-8H2,1-5H3,(H,23,24)(H,18,19,21). The van der Waals surface area contributed by atoms with Gasteiger partial charge in [0.1, 0.15) is 11.4 Å². The van der Waals surface area contributed by atoms with Crippen LogP contribution in [0.4, 0.5) is 0 Å². The maximum absolute atomic E-state index is 12.8. The van der Waals surface area contributed by atoms with E-state index in [0.29, 0.717) is 24.5 Å². The number of aryl methyl sites for hydroxylation is 1. The quantitative estimate of drug-likeness (QED) is 0.853. The first-order valence-electron chi connectivity index (χ1n) is 8.14. The van der Waals surface area contributed by atoms with E-state index in [4.69, 9.17) is 0 Å². The van der Waals surface area contributed by atoms with Crippen molar-refractivity contribution in [2.24, 2.45) is 11.8 Å². The first kappa shape index (κ1) is 18.2. The molecule has 0 aliphatic carbocycles. The second kappa shape index (κ2) is 6.37. The van der Waals surface area contributed by atoms with Gasteiger partial charge in [0.05, 0.1) is 11.6 Å². The molecule has 0 bridgehead atoms. The van der Waals surface area contributed by atoms with Crippen molar-refractivity contribution >= 4 is 11.9 Å². The predicted molar refractivity (Wildman–Crippen MR) is 89.1 cm³/mol. The lowest BCUT2D eigenvalue weighted by molar-refractivity contribution is -0.143. The lowest BCUT2D eigenvalue weighted by atomic mass is 9.90. The fourth-order valence-corrected chi connectivity index (χ4v) is 3.05. The van der Waals surface area contributed by atoms with Crippen molar-refractivity contribution in [3.63, 3.8) is 0 Å². The van der Waals surface area contributed by atoms with Gasteiger partial charge >= 0.3 is 5.97 Å². The molecule has 0 spiro atoms. The van der Waals surface area contributed by atoms with E-state index in [1.54, 1.807) is 6.92 Å². The third kappa shape index (κ3) is 3.66. The van der Waals surface area contributed by atoms with E-state index in [2.05, 4.69) is 9.97 Å². The normalized spacial score (nSPS) is 21.6. The number of carbonyl (C=O) groups excluding carboxylic acids is 1. The Morgan fingerprint density at radius 3 is 2.42 bits per heavy atom. The van der Waals surface area contributed by atoms with Crippen LogP contribution in [0.15, 0.2) is 4.79 Å². The van der Waals surface area contributed by atoms with Gasteiger partial charge in [-0.05, 0) is 19.3 Å². The van der Waals surface area contributed by atoms with Gasteiger partial charge in [-0.3, -0.25) is 14.4 Å². The van der Waals surface area contributed by atoms with Crippen LogP contribution >= 0.6 is 0 Å². The van der Waals surface area contributed by atoms with Crippen LogP contribution in [0.25, 0.3) is 0 Å². The molecule has 1 aromatic rings. The van der Waals surface area contributed by atoms with Crippen LogP contribution in [0.1, 0.15) is 56.0 Å². The minimum Gasteiger partial charge on any atom is -0.481 e. The summed E-state index contributed by atoms with van der Waals surface area (Å²) in [6.45, 7) is 9.90. The third-order valence-electron chi connectivity index (χ3n) is 4.32. The van der Waals surface area contributed by atoms with Crippen molar-refractivity contribution in [3.05, 3.63) is 27.4 Å². The highest BCUT2D eigenvalue weighted by molar-refractivity contribution is 5.95. The number of H-pyrrole nitrogens is 1. The highest BCUT2D eigenvalue weighted by Gasteiger charge is 2.34. The molecule has 2 rings (SSSR count). The number of likely N-dealkylation sites (tertiary alicyclic amines) is 1. The van der Waals surface area contributed by atoms with Gasteiger partial charge in [-0.25, -0.2) is 4.98 Å². The van der Waals surface area contributed by atoms with Gasteiger partial charge in [0, 0.05) is 18.5 Å². The fourth-order valence-electron chi connectivity index (χ4n) is 3.05. The van der Waals surface area contributed by atoms with Crippen molar-refractivity contribution in [2.75, 3.05) is 13.1 Å². The number of amides is 1. The largest absolute Gasteiger partial charge is 0.481 e. The lowest BCUT2D eigenvalue weighted by Gasteiger charge is -2.34. The molecule has 1 aliphatic rings. The number of carbonyl (C=O) groups is 2. The number of rotatable bonds is 2. The zero-order chi connectivity index (χ0) is 18.2. The van der Waals surface area contributed by atoms with Gasteiger partial charge in [0.25, 0.3) is 11.5 Å². The molecule has 0 saturated carbocycles. The summed E-state index contributed by atoms with van der Waals surface area (Å²) in [6, 6.07) is 0. The van der Waals surface area contributed by atoms with Crippen LogP contribution in [0.5, 0.6) is 0 Å². The lowest BCUT2D eigenvalue weighted by Crippen LogP contribution is -2.47. The smallest absolute Gasteiger partial charge is 0.308 e. The number of nitrogens with one attached hydrogen (secondary N) is 1. The van der Waals surface area contributed by atoms with Gasteiger partial charge in [-0.2, -0.15) is 0 Å². The van der Waals surface area contributed by atoms with Crippen LogP contribution in [0.3, 0.4) is 0 Å². The maximum Gasteiger partial charge on any atom is 0.308 e. The molecular formula is C17H25N3O4. The van der Waals surface area contributed by atoms with Crippen LogP contribution < -0.4 is 5.56 Å². The summed E-state index contributed by atoms with van der Waals surface area (Å²) in [4.78, 5) is 45.0. The molecule has 0 radical (unpaired) electrons. The number of nitrogens with zero attached hydrogens (tertiary/aromatic N) is 2. The molecule has 7 nitrogen and oxygen atoms in total. The Kier molecular flexibility index (Phi) is 4.82. The molecule has 2 unspecified atom stereocenters. The highest BCUT2D eigenvalue weighted by Crippen LogP contribution is 2.24. The summed E-state index contributed by atoms with van der Waals surface area (Å²) in [5.41, 5.74) is -0.429. The topological polar surface area (TPSA) is 103 Å². The molecule has 7 heteroatoms. The van der Waals surface area contributed by atoms with Crippen molar-refractivity contribution in [2.45, 2.75) is 46.5 Å².